The Morgan fingerprint density at radius 1 is 1.38 bits per heavy atom. The number of hydrogen-bond acceptors (Lipinski definition) is 4. The number of rotatable bonds is 5. The van der Waals surface area contributed by atoms with Gasteiger partial charge in [-0.2, -0.15) is 5.10 Å². The molecule has 1 atom stereocenters. The van der Waals surface area contributed by atoms with E-state index in [0.717, 1.165) is 38.0 Å². The van der Waals surface area contributed by atoms with E-state index in [2.05, 4.69) is 40.1 Å². The van der Waals surface area contributed by atoms with E-state index in [0.29, 0.717) is 6.42 Å². The number of hydrogen-bond donors (Lipinski definition) is 1. The molecule has 136 valence electrons. The summed E-state index contributed by atoms with van der Waals surface area (Å²) in [5.41, 5.74) is 2.47. The predicted octanol–water partition coefficient (Wildman–Crippen LogP) is 3.13. The van der Waals surface area contributed by atoms with Crippen molar-refractivity contribution in [3.63, 3.8) is 0 Å². The van der Waals surface area contributed by atoms with Crippen LogP contribution in [0.5, 0.6) is 0 Å². The van der Waals surface area contributed by atoms with Crippen LogP contribution in [0.2, 0.25) is 0 Å². The number of aromatic nitrogens is 2. The van der Waals surface area contributed by atoms with Crippen molar-refractivity contribution in [1.29, 1.82) is 0 Å². The van der Waals surface area contributed by atoms with Crippen LogP contribution in [0.15, 0.2) is 42.0 Å². The van der Waals surface area contributed by atoms with Crippen molar-refractivity contribution in [1.82, 2.24) is 20.0 Å². The summed E-state index contributed by atoms with van der Waals surface area (Å²) in [4.78, 5) is 14.9. The minimum Gasteiger partial charge on any atom is -0.333 e. The summed E-state index contributed by atoms with van der Waals surface area (Å²) in [6.07, 6.45) is 6.33. The van der Waals surface area contributed by atoms with Gasteiger partial charge in [-0.3, -0.25) is 9.48 Å². The zero-order valence-corrected chi connectivity index (χ0v) is 15.8. The third-order valence-electron chi connectivity index (χ3n) is 5.07. The topological polar surface area (TPSA) is 50.2 Å². The van der Waals surface area contributed by atoms with E-state index in [1.165, 1.54) is 15.6 Å². The first-order valence-electron chi connectivity index (χ1n) is 9.16. The van der Waals surface area contributed by atoms with Crippen molar-refractivity contribution in [2.24, 2.45) is 7.05 Å². The van der Waals surface area contributed by atoms with Gasteiger partial charge < -0.3 is 10.2 Å². The van der Waals surface area contributed by atoms with E-state index < -0.39 is 0 Å². The van der Waals surface area contributed by atoms with Gasteiger partial charge >= 0.3 is 0 Å². The lowest BCUT2D eigenvalue weighted by atomic mass is 10.0. The highest BCUT2D eigenvalue weighted by Crippen LogP contribution is 2.27. The summed E-state index contributed by atoms with van der Waals surface area (Å²) in [5.74, 6) is 0.250. The fraction of sp³-hybridized carbons (Fsp3) is 0.400. The summed E-state index contributed by atoms with van der Waals surface area (Å²) in [7, 11) is 1.91. The van der Waals surface area contributed by atoms with Gasteiger partial charge in [0.05, 0.1) is 12.2 Å². The maximum Gasteiger partial charge on any atom is 0.223 e. The molecule has 1 unspecified atom stereocenters. The van der Waals surface area contributed by atoms with E-state index in [-0.39, 0.29) is 11.9 Å². The lowest BCUT2D eigenvalue weighted by Gasteiger charge is -2.36. The molecule has 1 saturated heterocycles. The first-order valence-corrected chi connectivity index (χ1v) is 10.0. The molecule has 4 rings (SSSR count). The van der Waals surface area contributed by atoms with Crippen LogP contribution < -0.4 is 5.32 Å². The van der Waals surface area contributed by atoms with Gasteiger partial charge in [0.15, 0.2) is 0 Å². The van der Waals surface area contributed by atoms with Gasteiger partial charge in [-0.05, 0) is 35.2 Å². The third-order valence-corrected chi connectivity index (χ3v) is 6.08. The Hall–Kier alpha value is -2.18. The highest BCUT2D eigenvalue weighted by Gasteiger charge is 2.28. The summed E-state index contributed by atoms with van der Waals surface area (Å²) in [5, 5.41) is 11.2. The van der Waals surface area contributed by atoms with Crippen molar-refractivity contribution in [3.05, 3.63) is 53.2 Å². The predicted molar refractivity (Wildman–Crippen MR) is 105 cm³/mol. The molecule has 1 N–H and O–H groups in total. The van der Waals surface area contributed by atoms with Crippen LogP contribution in [-0.2, 0) is 18.3 Å². The van der Waals surface area contributed by atoms with E-state index in [1.54, 1.807) is 16.0 Å². The molecule has 2 aromatic heterocycles. The Balaban J connectivity index is 1.39. The molecule has 3 heterocycles. The highest BCUT2D eigenvalue weighted by atomic mass is 32.1. The smallest absolute Gasteiger partial charge is 0.223 e. The second-order valence-electron chi connectivity index (χ2n) is 6.87. The molecule has 6 heteroatoms. The van der Waals surface area contributed by atoms with Crippen molar-refractivity contribution in [2.45, 2.75) is 25.3 Å². The molecule has 1 aliphatic heterocycles. The highest BCUT2D eigenvalue weighted by molar-refractivity contribution is 7.17. The second-order valence-corrected chi connectivity index (χ2v) is 7.78. The Kier molecular flexibility index (Phi) is 5.04. The SMILES string of the molecule is Cn1cc(C2CNCCN2C(=O)CCCc2csc3ccccc23)cn1. The molecule has 0 saturated carbocycles. The number of thiophene rings is 1. The zero-order valence-electron chi connectivity index (χ0n) is 15.0. The first-order chi connectivity index (χ1) is 12.7. The monoisotopic (exact) mass is 368 g/mol. The van der Waals surface area contributed by atoms with E-state index in [4.69, 9.17) is 0 Å². The van der Waals surface area contributed by atoms with Crippen molar-refractivity contribution in [2.75, 3.05) is 19.6 Å². The average Bonchev–Trinajstić information content (AvgIpc) is 3.28. The molecule has 1 amide bonds. The summed E-state index contributed by atoms with van der Waals surface area (Å²) < 4.78 is 3.13. The van der Waals surface area contributed by atoms with E-state index >= 15 is 0 Å². The Bertz CT molecular complexity index is 900. The van der Waals surface area contributed by atoms with Gasteiger partial charge in [-0.1, -0.05) is 18.2 Å². The number of aryl methyl sites for hydroxylation is 2. The number of benzene rings is 1. The molecule has 1 fully saturated rings. The molecule has 3 aromatic rings. The molecular weight excluding hydrogens is 344 g/mol. The summed E-state index contributed by atoms with van der Waals surface area (Å²) in [6.45, 7) is 2.42. The number of nitrogens with one attached hydrogen (secondary N) is 1. The van der Waals surface area contributed by atoms with Crippen LogP contribution in [0.25, 0.3) is 10.1 Å². The van der Waals surface area contributed by atoms with E-state index in [1.807, 2.05) is 24.3 Å². The zero-order chi connectivity index (χ0) is 17.9. The molecule has 26 heavy (non-hydrogen) atoms. The second kappa shape index (κ2) is 7.60. The van der Waals surface area contributed by atoms with E-state index in [9.17, 15) is 4.79 Å². The largest absolute Gasteiger partial charge is 0.333 e. The van der Waals surface area contributed by atoms with Crippen LogP contribution in [0.4, 0.5) is 0 Å². The average molecular weight is 369 g/mol. The quantitative estimate of drug-likeness (QED) is 0.753. The Labute approximate surface area is 157 Å². The number of amides is 1. The number of carbonyl (C=O) groups is 1. The normalized spacial score (nSPS) is 17.7. The van der Waals surface area contributed by atoms with Crippen molar-refractivity contribution < 1.29 is 4.79 Å². The van der Waals surface area contributed by atoms with Crippen LogP contribution in [0, 0.1) is 0 Å². The number of carbonyl (C=O) groups excluding carboxylic acids is 1. The maximum absolute atomic E-state index is 12.9. The van der Waals surface area contributed by atoms with Gasteiger partial charge in [-0.15, -0.1) is 11.3 Å². The molecule has 0 radical (unpaired) electrons. The molecular formula is C20H24N4OS. The standard InChI is InChI=1S/C20H24N4OS/c1-23-13-16(11-22-23)18-12-21-9-10-24(18)20(25)8-4-5-15-14-26-19-7-3-2-6-17(15)19/h2-3,6-7,11,13-14,18,21H,4-5,8-10,12H2,1H3. The lowest BCUT2D eigenvalue weighted by Crippen LogP contribution is -2.48. The molecule has 1 aromatic carbocycles. The Morgan fingerprint density at radius 2 is 2.27 bits per heavy atom. The summed E-state index contributed by atoms with van der Waals surface area (Å²) >= 11 is 1.79. The molecule has 0 bridgehead atoms. The van der Waals surface area contributed by atoms with Crippen LogP contribution >= 0.6 is 11.3 Å². The van der Waals surface area contributed by atoms with Crippen LogP contribution in [-0.4, -0.2) is 40.2 Å². The minimum absolute atomic E-state index is 0.0897. The van der Waals surface area contributed by atoms with Gasteiger partial charge in [0.25, 0.3) is 0 Å². The number of piperazine rings is 1. The third kappa shape index (κ3) is 3.52. The maximum atomic E-state index is 12.9. The molecule has 1 aliphatic rings. The summed E-state index contributed by atoms with van der Waals surface area (Å²) in [6, 6.07) is 8.59. The lowest BCUT2D eigenvalue weighted by molar-refractivity contribution is -0.134. The fourth-order valence-electron chi connectivity index (χ4n) is 3.71. The Morgan fingerprint density at radius 3 is 3.12 bits per heavy atom. The van der Waals surface area contributed by atoms with Gasteiger partial charge in [0, 0.05) is 49.6 Å². The van der Waals surface area contributed by atoms with Gasteiger partial charge in [0.2, 0.25) is 5.91 Å². The van der Waals surface area contributed by atoms with Crippen molar-refractivity contribution >= 4 is 27.3 Å². The first kappa shape index (κ1) is 17.2. The van der Waals surface area contributed by atoms with Crippen LogP contribution in [0.3, 0.4) is 0 Å². The van der Waals surface area contributed by atoms with Gasteiger partial charge in [0.1, 0.15) is 0 Å². The molecule has 0 aliphatic carbocycles. The number of nitrogens with zero attached hydrogens (tertiary/aromatic N) is 3. The number of fused-ring (bicyclic) bond motifs is 1. The van der Waals surface area contributed by atoms with Crippen LogP contribution in [0.1, 0.15) is 30.0 Å². The molecule has 5 nitrogen and oxygen atoms in total. The van der Waals surface area contributed by atoms with Gasteiger partial charge in [-0.25, -0.2) is 0 Å². The fourth-order valence-corrected chi connectivity index (χ4v) is 4.71. The molecule has 0 spiro atoms. The minimum atomic E-state index is 0.0897. The van der Waals surface area contributed by atoms with Crippen molar-refractivity contribution in [3.8, 4) is 0 Å².